The first-order valence-corrected chi connectivity index (χ1v) is 9.29. The van der Waals surface area contributed by atoms with Crippen LogP contribution in [0.3, 0.4) is 0 Å². The highest BCUT2D eigenvalue weighted by Gasteiger charge is 2.30. The van der Waals surface area contributed by atoms with E-state index in [0.717, 1.165) is 6.20 Å². The molecule has 1 aromatic heterocycles. The Morgan fingerprint density at radius 2 is 1.77 bits per heavy atom. The molecule has 22 heavy (non-hydrogen) atoms. The highest BCUT2D eigenvalue weighted by atomic mass is 31.2. The van der Waals surface area contributed by atoms with Gasteiger partial charge < -0.3 is 19.4 Å². The lowest BCUT2D eigenvalue weighted by Crippen LogP contribution is -2.29. The third kappa shape index (κ3) is 5.03. The molecule has 6 N–H and O–H groups in total. The van der Waals surface area contributed by atoms with E-state index in [9.17, 15) is 14.2 Å². The van der Waals surface area contributed by atoms with Gasteiger partial charge in [-0.15, -0.1) is 0 Å². The molecule has 1 rings (SSSR count). The molecule has 10 nitrogen and oxygen atoms in total. The van der Waals surface area contributed by atoms with Gasteiger partial charge in [0.05, 0.1) is 17.5 Å². The van der Waals surface area contributed by atoms with E-state index < -0.39 is 27.2 Å². The molecule has 1 heterocycles. The predicted octanol–water partition coefficient (Wildman–Crippen LogP) is 0.741. The lowest BCUT2D eigenvalue weighted by Gasteiger charge is -2.24. The smallest absolute Gasteiger partial charge is 0.506 e. The lowest BCUT2D eigenvalue weighted by molar-refractivity contribution is 0.279. The molecule has 0 saturated heterocycles. The van der Waals surface area contributed by atoms with Gasteiger partial charge in [-0.2, -0.15) is 0 Å². The van der Waals surface area contributed by atoms with Gasteiger partial charge in [0.2, 0.25) is 0 Å². The first-order valence-electron chi connectivity index (χ1n) is 6.07. The number of aromatic nitrogens is 1. The van der Waals surface area contributed by atoms with Crippen LogP contribution in [0.2, 0.25) is 0 Å². The minimum absolute atomic E-state index is 0.0591. The third-order valence-corrected chi connectivity index (χ3v) is 4.48. The van der Waals surface area contributed by atoms with Crippen molar-refractivity contribution in [1.82, 2.24) is 10.3 Å². The maximum Gasteiger partial charge on any atom is 0.524 e. The number of hydrogen-bond donors (Lipinski definition) is 6. The molecule has 0 saturated carbocycles. The Morgan fingerprint density at radius 3 is 2.23 bits per heavy atom. The first-order chi connectivity index (χ1) is 9.83. The van der Waals surface area contributed by atoms with Crippen LogP contribution in [0.1, 0.15) is 31.1 Å². The van der Waals surface area contributed by atoms with Gasteiger partial charge in [-0.05, 0) is 20.8 Å². The Labute approximate surface area is 126 Å². The second kappa shape index (κ2) is 6.64. The highest BCUT2D eigenvalue weighted by Crippen LogP contribution is 2.45. The van der Waals surface area contributed by atoms with Crippen LogP contribution in [0.15, 0.2) is 6.20 Å². The molecule has 0 bridgehead atoms. The molecule has 0 aliphatic heterocycles. The topological polar surface area (TPSA) is 169 Å². The van der Waals surface area contributed by atoms with Gasteiger partial charge in [-0.25, -0.2) is 4.57 Å². The SMILES string of the molecule is Cc1ncc(OP(=O)(O)O)c(C(C)NC(C)P(=O)(O)O)c1O. The number of nitrogens with one attached hydrogen (secondary N) is 1. The first kappa shape index (κ1) is 19.1. The molecular weight excluding hydrogens is 338 g/mol. The molecule has 0 amide bonds. The molecule has 0 fully saturated rings. The van der Waals surface area contributed by atoms with Crippen molar-refractivity contribution in [2.24, 2.45) is 0 Å². The molecule has 12 heteroatoms. The quantitative estimate of drug-likeness (QED) is 0.400. The van der Waals surface area contributed by atoms with E-state index >= 15 is 0 Å². The summed E-state index contributed by atoms with van der Waals surface area (Å²) >= 11 is 0. The van der Waals surface area contributed by atoms with Gasteiger partial charge in [-0.3, -0.25) is 24.7 Å². The molecular formula is C10H18N2O8P2. The van der Waals surface area contributed by atoms with Gasteiger partial charge in [-0.1, -0.05) is 0 Å². The van der Waals surface area contributed by atoms with Crippen molar-refractivity contribution in [1.29, 1.82) is 0 Å². The van der Waals surface area contributed by atoms with Crippen LogP contribution in [0, 0.1) is 6.92 Å². The Balaban J connectivity index is 3.23. The van der Waals surface area contributed by atoms with E-state index in [1.807, 2.05) is 0 Å². The molecule has 0 aliphatic carbocycles. The number of rotatable bonds is 6. The van der Waals surface area contributed by atoms with Crippen LogP contribution in [0.25, 0.3) is 0 Å². The van der Waals surface area contributed by atoms with Gasteiger partial charge >= 0.3 is 15.4 Å². The summed E-state index contributed by atoms with van der Waals surface area (Å²) in [5, 5.41) is 12.6. The van der Waals surface area contributed by atoms with E-state index in [2.05, 4.69) is 14.8 Å². The molecule has 2 atom stereocenters. The normalized spacial score (nSPS) is 15.4. The number of aryl methyl sites for hydroxylation is 1. The third-order valence-electron chi connectivity index (χ3n) is 2.88. The second-order valence-electron chi connectivity index (χ2n) is 4.71. The van der Waals surface area contributed by atoms with Gasteiger partial charge in [0.15, 0.2) is 5.75 Å². The fourth-order valence-corrected chi connectivity index (χ4v) is 2.58. The average molecular weight is 356 g/mol. The number of aromatic hydroxyl groups is 1. The summed E-state index contributed by atoms with van der Waals surface area (Å²) in [4.78, 5) is 39.7. The van der Waals surface area contributed by atoms with E-state index in [1.54, 1.807) is 0 Å². The van der Waals surface area contributed by atoms with Crippen molar-refractivity contribution in [3.05, 3.63) is 17.5 Å². The fourth-order valence-electron chi connectivity index (χ4n) is 1.76. The van der Waals surface area contributed by atoms with Crippen LogP contribution in [-0.4, -0.2) is 35.4 Å². The zero-order valence-electron chi connectivity index (χ0n) is 12.0. The Morgan fingerprint density at radius 1 is 1.23 bits per heavy atom. The number of pyridine rings is 1. The Kier molecular flexibility index (Phi) is 5.75. The summed E-state index contributed by atoms with van der Waals surface area (Å²) in [6.45, 7) is 4.15. The number of nitrogens with zero attached hydrogens (tertiary/aromatic N) is 1. The summed E-state index contributed by atoms with van der Waals surface area (Å²) in [6.07, 6.45) is 1.02. The van der Waals surface area contributed by atoms with Crippen LogP contribution >= 0.6 is 15.4 Å². The second-order valence-corrected chi connectivity index (χ2v) is 7.82. The summed E-state index contributed by atoms with van der Waals surface area (Å²) in [5.41, 5.74) is 0.113. The summed E-state index contributed by atoms with van der Waals surface area (Å²) in [6, 6.07) is -0.870. The van der Waals surface area contributed by atoms with Crippen molar-refractivity contribution in [3.63, 3.8) is 0 Å². The average Bonchev–Trinajstić information content (AvgIpc) is 2.30. The Bertz CT molecular complexity index is 640. The number of phosphoric ester groups is 1. The van der Waals surface area contributed by atoms with Crippen molar-refractivity contribution < 1.29 is 38.3 Å². The van der Waals surface area contributed by atoms with Crippen LogP contribution in [-0.2, 0) is 9.13 Å². The largest absolute Gasteiger partial charge is 0.524 e. The van der Waals surface area contributed by atoms with Crippen molar-refractivity contribution in [2.75, 3.05) is 0 Å². The van der Waals surface area contributed by atoms with Crippen molar-refractivity contribution in [2.45, 2.75) is 32.6 Å². The summed E-state index contributed by atoms with van der Waals surface area (Å²) in [5.74, 6) is -2.00. The monoisotopic (exact) mass is 356 g/mol. The molecule has 0 aliphatic rings. The summed E-state index contributed by atoms with van der Waals surface area (Å²) < 4.78 is 26.6. The molecule has 0 spiro atoms. The number of hydrogen-bond acceptors (Lipinski definition) is 6. The molecule has 1 aromatic rings. The molecule has 0 aromatic carbocycles. The fraction of sp³-hybridized carbons (Fsp3) is 0.500. The van der Waals surface area contributed by atoms with E-state index in [4.69, 9.17) is 19.6 Å². The van der Waals surface area contributed by atoms with Crippen molar-refractivity contribution >= 4 is 15.4 Å². The minimum atomic E-state index is -4.89. The van der Waals surface area contributed by atoms with E-state index in [1.165, 1.54) is 20.8 Å². The van der Waals surface area contributed by atoms with Crippen LogP contribution in [0.4, 0.5) is 0 Å². The molecule has 126 valence electrons. The zero-order valence-corrected chi connectivity index (χ0v) is 13.8. The van der Waals surface area contributed by atoms with Gasteiger partial charge in [0.1, 0.15) is 11.5 Å². The Hall–Kier alpha value is -0.990. The van der Waals surface area contributed by atoms with Crippen LogP contribution < -0.4 is 9.84 Å². The van der Waals surface area contributed by atoms with E-state index in [-0.39, 0.29) is 22.8 Å². The van der Waals surface area contributed by atoms with Gasteiger partial charge in [0.25, 0.3) is 0 Å². The summed E-state index contributed by atoms with van der Waals surface area (Å²) in [7, 11) is -9.31. The lowest BCUT2D eigenvalue weighted by atomic mass is 10.1. The van der Waals surface area contributed by atoms with Gasteiger partial charge in [0, 0.05) is 6.04 Å². The standard InChI is InChI=1S/C10H18N2O8P2/c1-5(12-7(3)21(14,15)16)9-8(20-22(17,18)19)4-11-6(2)10(9)13/h4-5,7,12-13H,1-3H3,(H2,14,15,16)(H2,17,18,19). The molecule has 2 unspecified atom stereocenters. The van der Waals surface area contributed by atoms with Crippen LogP contribution in [0.5, 0.6) is 11.5 Å². The maximum atomic E-state index is 11.2. The molecule has 0 radical (unpaired) electrons. The highest BCUT2D eigenvalue weighted by molar-refractivity contribution is 7.52. The predicted molar refractivity (Wildman–Crippen MR) is 76.4 cm³/mol. The zero-order chi connectivity index (χ0) is 17.3. The van der Waals surface area contributed by atoms with E-state index in [0.29, 0.717) is 0 Å². The number of phosphoric acid groups is 1. The van der Waals surface area contributed by atoms with Crippen molar-refractivity contribution in [3.8, 4) is 11.5 Å². The minimum Gasteiger partial charge on any atom is -0.506 e. The maximum absolute atomic E-state index is 11.2.